The average molecular weight is 303 g/mol. The van der Waals surface area contributed by atoms with Gasteiger partial charge in [0, 0.05) is 12.3 Å². The standard InChI is InChI=1S/C13H9N3O4S/c14-8-11-7-10(5-6-15-11)9-21(19,20)13-4-2-1-3-12(13)16(17)18/h1-7H,9H2. The Morgan fingerprint density at radius 2 is 2.00 bits per heavy atom. The first-order valence-corrected chi connectivity index (χ1v) is 7.40. The van der Waals surface area contributed by atoms with Crippen LogP contribution in [0.1, 0.15) is 11.3 Å². The molecule has 0 amide bonds. The number of hydrogen-bond acceptors (Lipinski definition) is 6. The zero-order valence-corrected chi connectivity index (χ0v) is 11.4. The molecule has 1 aromatic carbocycles. The fourth-order valence-corrected chi connectivity index (χ4v) is 3.31. The number of nitriles is 1. The van der Waals surface area contributed by atoms with E-state index >= 15 is 0 Å². The first-order valence-electron chi connectivity index (χ1n) is 5.75. The molecule has 0 bridgehead atoms. The van der Waals surface area contributed by atoms with Crippen LogP contribution in [0, 0.1) is 21.4 Å². The van der Waals surface area contributed by atoms with Crippen LogP contribution in [0.25, 0.3) is 0 Å². The minimum Gasteiger partial charge on any atom is -0.258 e. The summed E-state index contributed by atoms with van der Waals surface area (Å²) in [5, 5.41) is 19.7. The third-order valence-electron chi connectivity index (χ3n) is 2.69. The molecule has 0 saturated heterocycles. The lowest BCUT2D eigenvalue weighted by Gasteiger charge is -2.05. The Morgan fingerprint density at radius 3 is 2.67 bits per heavy atom. The topological polar surface area (TPSA) is 114 Å². The normalized spacial score (nSPS) is 10.8. The summed E-state index contributed by atoms with van der Waals surface area (Å²) in [6.07, 6.45) is 1.32. The van der Waals surface area contributed by atoms with Crippen LogP contribution < -0.4 is 0 Å². The molecule has 21 heavy (non-hydrogen) atoms. The van der Waals surface area contributed by atoms with Crippen LogP contribution >= 0.6 is 0 Å². The molecule has 0 fully saturated rings. The Hall–Kier alpha value is -2.79. The molecule has 0 aliphatic rings. The summed E-state index contributed by atoms with van der Waals surface area (Å²) in [7, 11) is -3.89. The first kappa shape index (κ1) is 14.6. The van der Waals surface area contributed by atoms with E-state index in [1.165, 1.54) is 36.5 Å². The molecule has 0 saturated carbocycles. The third-order valence-corrected chi connectivity index (χ3v) is 4.42. The van der Waals surface area contributed by atoms with E-state index in [0.717, 1.165) is 6.07 Å². The molecule has 0 radical (unpaired) electrons. The Labute approximate surface area is 120 Å². The van der Waals surface area contributed by atoms with Crippen LogP contribution in [0.3, 0.4) is 0 Å². The van der Waals surface area contributed by atoms with Crippen LogP contribution in [0.5, 0.6) is 0 Å². The molecule has 0 atom stereocenters. The van der Waals surface area contributed by atoms with Gasteiger partial charge in [0.05, 0.1) is 10.7 Å². The number of sulfone groups is 1. The fraction of sp³-hybridized carbons (Fsp3) is 0.0769. The molecule has 2 rings (SSSR count). The van der Waals surface area contributed by atoms with Crippen molar-refractivity contribution in [2.45, 2.75) is 10.6 Å². The van der Waals surface area contributed by atoms with Crippen LogP contribution in [0.4, 0.5) is 5.69 Å². The maximum atomic E-state index is 12.3. The number of nitro benzene ring substituents is 1. The molecule has 0 unspecified atom stereocenters. The number of hydrogen-bond donors (Lipinski definition) is 0. The summed E-state index contributed by atoms with van der Waals surface area (Å²) < 4.78 is 24.6. The molecule has 106 valence electrons. The second-order valence-electron chi connectivity index (χ2n) is 4.15. The van der Waals surface area contributed by atoms with Crippen molar-refractivity contribution in [2.75, 3.05) is 0 Å². The van der Waals surface area contributed by atoms with E-state index in [-0.39, 0.29) is 10.6 Å². The number of rotatable bonds is 4. The molecular weight excluding hydrogens is 294 g/mol. The molecule has 0 aliphatic heterocycles. The molecule has 0 N–H and O–H groups in total. The molecule has 1 heterocycles. The highest BCUT2D eigenvalue weighted by atomic mass is 32.2. The van der Waals surface area contributed by atoms with Gasteiger partial charge in [-0.15, -0.1) is 0 Å². The molecule has 7 nitrogen and oxygen atoms in total. The minimum atomic E-state index is -3.89. The van der Waals surface area contributed by atoms with Gasteiger partial charge >= 0.3 is 0 Å². The number of pyridine rings is 1. The summed E-state index contributed by atoms with van der Waals surface area (Å²) >= 11 is 0. The zero-order valence-electron chi connectivity index (χ0n) is 10.6. The predicted molar refractivity (Wildman–Crippen MR) is 72.9 cm³/mol. The summed E-state index contributed by atoms with van der Waals surface area (Å²) in [4.78, 5) is 13.6. The summed E-state index contributed by atoms with van der Waals surface area (Å²) in [5.41, 5.74) is -0.0305. The monoisotopic (exact) mass is 303 g/mol. The lowest BCUT2D eigenvalue weighted by Crippen LogP contribution is -2.08. The van der Waals surface area contributed by atoms with E-state index in [0.29, 0.717) is 5.56 Å². The van der Waals surface area contributed by atoms with Crippen LogP contribution in [-0.4, -0.2) is 18.3 Å². The van der Waals surface area contributed by atoms with Crippen molar-refractivity contribution >= 4 is 15.5 Å². The van der Waals surface area contributed by atoms with Crippen molar-refractivity contribution in [1.82, 2.24) is 4.98 Å². The van der Waals surface area contributed by atoms with E-state index < -0.39 is 26.2 Å². The summed E-state index contributed by atoms with van der Waals surface area (Å²) in [6, 6.07) is 9.76. The largest absolute Gasteiger partial charge is 0.287 e. The molecule has 0 aliphatic carbocycles. The van der Waals surface area contributed by atoms with Crippen molar-refractivity contribution in [1.29, 1.82) is 5.26 Å². The highest BCUT2D eigenvalue weighted by Crippen LogP contribution is 2.26. The van der Waals surface area contributed by atoms with Gasteiger partial charge in [0.2, 0.25) is 0 Å². The highest BCUT2D eigenvalue weighted by molar-refractivity contribution is 7.90. The molecular formula is C13H9N3O4S. The lowest BCUT2D eigenvalue weighted by atomic mass is 10.2. The van der Waals surface area contributed by atoms with Gasteiger partial charge in [-0.2, -0.15) is 5.26 Å². The van der Waals surface area contributed by atoms with Crippen molar-refractivity contribution in [3.8, 4) is 6.07 Å². The Bertz CT molecular complexity index is 840. The zero-order chi connectivity index (χ0) is 15.5. The summed E-state index contributed by atoms with van der Waals surface area (Å²) in [5.74, 6) is -0.435. The molecule has 8 heteroatoms. The van der Waals surface area contributed by atoms with Gasteiger partial charge in [0.1, 0.15) is 16.7 Å². The van der Waals surface area contributed by atoms with Crippen molar-refractivity contribution < 1.29 is 13.3 Å². The van der Waals surface area contributed by atoms with E-state index in [9.17, 15) is 18.5 Å². The molecule has 1 aromatic heterocycles. The second-order valence-corrected chi connectivity index (χ2v) is 6.10. The second kappa shape index (κ2) is 5.68. The van der Waals surface area contributed by atoms with Crippen LogP contribution in [-0.2, 0) is 15.6 Å². The van der Waals surface area contributed by atoms with Gasteiger partial charge in [-0.3, -0.25) is 10.1 Å². The number of nitrogens with zero attached hydrogens (tertiary/aromatic N) is 3. The van der Waals surface area contributed by atoms with E-state index in [4.69, 9.17) is 5.26 Å². The smallest absolute Gasteiger partial charge is 0.258 e. The van der Waals surface area contributed by atoms with E-state index in [2.05, 4.69) is 4.98 Å². The van der Waals surface area contributed by atoms with Gasteiger partial charge in [-0.1, -0.05) is 12.1 Å². The highest BCUT2D eigenvalue weighted by Gasteiger charge is 2.25. The first-order chi connectivity index (χ1) is 9.94. The van der Waals surface area contributed by atoms with Crippen LogP contribution in [0.15, 0.2) is 47.5 Å². The number of aromatic nitrogens is 1. The Balaban J connectivity index is 2.44. The fourth-order valence-electron chi connectivity index (χ4n) is 1.79. The maximum Gasteiger partial charge on any atom is 0.287 e. The van der Waals surface area contributed by atoms with Crippen LogP contribution in [0.2, 0.25) is 0 Å². The number of nitro groups is 1. The quantitative estimate of drug-likeness (QED) is 0.628. The van der Waals surface area contributed by atoms with Gasteiger partial charge in [0.25, 0.3) is 5.69 Å². The maximum absolute atomic E-state index is 12.3. The van der Waals surface area contributed by atoms with Crippen molar-refractivity contribution in [2.24, 2.45) is 0 Å². The summed E-state index contributed by atoms with van der Waals surface area (Å²) in [6.45, 7) is 0. The Morgan fingerprint density at radius 1 is 1.29 bits per heavy atom. The number of benzene rings is 1. The predicted octanol–water partition coefficient (Wildman–Crippen LogP) is 1.84. The van der Waals surface area contributed by atoms with Gasteiger partial charge < -0.3 is 0 Å². The minimum absolute atomic E-state index is 0.0882. The van der Waals surface area contributed by atoms with E-state index in [1.54, 1.807) is 0 Å². The Kier molecular flexibility index (Phi) is 3.95. The third kappa shape index (κ3) is 3.21. The molecule has 2 aromatic rings. The van der Waals surface area contributed by atoms with Gasteiger partial charge in [0.15, 0.2) is 9.84 Å². The van der Waals surface area contributed by atoms with Crippen molar-refractivity contribution in [3.05, 3.63) is 64.0 Å². The van der Waals surface area contributed by atoms with Gasteiger partial charge in [-0.05, 0) is 23.8 Å². The van der Waals surface area contributed by atoms with Gasteiger partial charge in [-0.25, -0.2) is 13.4 Å². The van der Waals surface area contributed by atoms with Crippen molar-refractivity contribution in [3.63, 3.8) is 0 Å². The SMILES string of the molecule is N#Cc1cc(CS(=O)(=O)c2ccccc2[N+](=O)[O-])ccn1. The average Bonchev–Trinajstić information content (AvgIpc) is 2.47. The molecule has 0 spiro atoms. The lowest BCUT2D eigenvalue weighted by molar-refractivity contribution is -0.387. The number of para-hydroxylation sites is 1. The van der Waals surface area contributed by atoms with E-state index in [1.807, 2.05) is 6.07 Å².